The molecule has 1 unspecified atom stereocenters. The Morgan fingerprint density at radius 1 is 1.40 bits per heavy atom. The number of sulfonamides is 1. The summed E-state index contributed by atoms with van der Waals surface area (Å²) >= 11 is 3.17. The number of carbonyl (C=O) groups is 2. The Kier molecular flexibility index (Phi) is 3.85. The molecule has 2 amide bonds. The number of carbonyl (C=O) groups excluding carboxylic acids is 2. The lowest BCUT2D eigenvalue weighted by Crippen LogP contribution is -2.58. The van der Waals surface area contributed by atoms with Crippen molar-refractivity contribution in [2.75, 3.05) is 12.3 Å². The van der Waals surface area contributed by atoms with Gasteiger partial charge in [0.1, 0.15) is 6.04 Å². The summed E-state index contributed by atoms with van der Waals surface area (Å²) in [6.07, 6.45) is 0. The number of nitrogen functional groups attached to an aromatic ring is 1. The molecular formula is C11H12BrN3O4S. The highest BCUT2D eigenvalue weighted by Gasteiger charge is 2.38. The van der Waals surface area contributed by atoms with Crippen LogP contribution >= 0.6 is 15.9 Å². The van der Waals surface area contributed by atoms with E-state index in [0.29, 0.717) is 4.47 Å². The van der Waals surface area contributed by atoms with Gasteiger partial charge in [-0.1, -0.05) is 0 Å². The van der Waals surface area contributed by atoms with Crippen molar-refractivity contribution in [1.82, 2.24) is 9.62 Å². The van der Waals surface area contributed by atoms with Crippen molar-refractivity contribution in [1.29, 1.82) is 0 Å². The van der Waals surface area contributed by atoms with Crippen LogP contribution in [0.5, 0.6) is 0 Å². The van der Waals surface area contributed by atoms with Gasteiger partial charge >= 0.3 is 0 Å². The van der Waals surface area contributed by atoms with E-state index in [4.69, 9.17) is 5.73 Å². The van der Waals surface area contributed by atoms with Gasteiger partial charge in [-0.2, -0.15) is 4.31 Å². The van der Waals surface area contributed by atoms with Crippen LogP contribution in [0.3, 0.4) is 0 Å². The van der Waals surface area contributed by atoms with Crippen molar-refractivity contribution in [2.45, 2.75) is 17.9 Å². The lowest BCUT2D eigenvalue weighted by atomic mass is 10.2. The average Bonchev–Trinajstić information content (AvgIpc) is 2.36. The van der Waals surface area contributed by atoms with Crippen molar-refractivity contribution in [3.8, 4) is 0 Å². The maximum absolute atomic E-state index is 12.5. The van der Waals surface area contributed by atoms with E-state index in [1.807, 2.05) is 0 Å². The van der Waals surface area contributed by atoms with Crippen molar-refractivity contribution in [2.24, 2.45) is 0 Å². The summed E-state index contributed by atoms with van der Waals surface area (Å²) in [5.74, 6) is -1.29. The third kappa shape index (κ3) is 2.56. The maximum atomic E-state index is 12.5. The number of piperazine rings is 1. The SMILES string of the molecule is CC1C(=O)NC(=O)CN1S(=O)(=O)c1ccc(Br)c(N)c1. The van der Waals surface area contributed by atoms with Gasteiger partial charge in [-0.3, -0.25) is 14.9 Å². The van der Waals surface area contributed by atoms with Crippen LogP contribution in [-0.4, -0.2) is 37.1 Å². The number of nitrogens with one attached hydrogen (secondary N) is 1. The third-order valence-corrected chi connectivity index (χ3v) is 5.58. The molecule has 1 aliphatic heterocycles. The number of nitrogens with zero attached hydrogens (tertiary/aromatic N) is 1. The van der Waals surface area contributed by atoms with Crippen molar-refractivity contribution >= 4 is 43.5 Å². The average molecular weight is 362 g/mol. The minimum Gasteiger partial charge on any atom is -0.398 e. The van der Waals surface area contributed by atoms with Crippen LogP contribution in [0.4, 0.5) is 5.69 Å². The summed E-state index contributed by atoms with van der Waals surface area (Å²) in [7, 11) is -3.97. The minimum absolute atomic E-state index is 0.0625. The summed E-state index contributed by atoms with van der Waals surface area (Å²) in [5, 5.41) is 2.09. The largest absolute Gasteiger partial charge is 0.398 e. The number of amides is 2. The van der Waals surface area contributed by atoms with Crippen LogP contribution in [0, 0.1) is 0 Å². The highest BCUT2D eigenvalue weighted by molar-refractivity contribution is 9.10. The zero-order chi connectivity index (χ0) is 15.1. The summed E-state index contributed by atoms with van der Waals surface area (Å²) in [4.78, 5) is 22.8. The fourth-order valence-electron chi connectivity index (χ4n) is 1.80. The van der Waals surface area contributed by atoms with E-state index in [1.54, 1.807) is 0 Å². The quantitative estimate of drug-likeness (QED) is 0.572. The smallest absolute Gasteiger partial charge is 0.244 e. The minimum atomic E-state index is -3.97. The number of halogens is 1. The standard InChI is InChI=1S/C11H12BrN3O4S/c1-6-11(17)14-10(16)5-15(6)20(18,19)7-2-3-8(12)9(13)4-7/h2-4,6H,5,13H2,1H3,(H,14,16,17). The number of rotatable bonds is 2. The van der Waals surface area contributed by atoms with Gasteiger partial charge in [0, 0.05) is 10.2 Å². The van der Waals surface area contributed by atoms with Gasteiger partial charge in [-0.15, -0.1) is 0 Å². The first kappa shape index (κ1) is 14.9. The van der Waals surface area contributed by atoms with Gasteiger partial charge in [0.05, 0.1) is 11.4 Å². The van der Waals surface area contributed by atoms with Crippen LogP contribution in [0.2, 0.25) is 0 Å². The molecule has 108 valence electrons. The lowest BCUT2D eigenvalue weighted by molar-refractivity contribution is -0.136. The number of benzene rings is 1. The fraction of sp³-hybridized carbons (Fsp3) is 0.273. The molecule has 0 aliphatic carbocycles. The van der Waals surface area contributed by atoms with E-state index in [2.05, 4.69) is 21.2 Å². The van der Waals surface area contributed by atoms with Crippen molar-refractivity contribution in [3.05, 3.63) is 22.7 Å². The Labute approximate surface area is 124 Å². The lowest BCUT2D eigenvalue weighted by Gasteiger charge is -2.30. The molecule has 0 spiro atoms. The highest BCUT2D eigenvalue weighted by Crippen LogP contribution is 2.26. The van der Waals surface area contributed by atoms with E-state index < -0.39 is 34.4 Å². The van der Waals surface area contributed by atoms with Crippen LogP contribution in [0.1, 0.15) is 6.92 Å². The molecule has 1 aromatic carbocycles. The van der Waals surface area contributed by atoms with E-state index in [9.17, 15) is 18.0 Å². The Morgan fingerprint density at radius 3 is 2.65 bits per heavy atom. The number of nitrogens with two attached hydrogens (primary N) is 1. The molecule has 0 saturated carbocycles. The molecule has 0 bridgehead atoms. The third-order valence-electron chi connectivity index (χ3n) is 2.95. The Morgan fingerprint density at radius 2 is 2.05 bits per heavy atom. The molecule has 3 N–H and O–H groups in total. The number of hydrogen-bond acceptors (Lipinski definition) is 5. The molecule has 1 heterocycles. The molecule has 0 aromatic heterocycles. The van der Waals surface area contributed by atoms with Crippen molar-refractivity contribution in [3.63, 3.8) is 0 Å². The maximum Gasteiger partial charge on any atom is 0.244 e. The molecule has 7 nitrogen and oxygen atoms in total. The highest BCUT2D eigenvalue weighted by atomic mass is 79.9. The molecule has 1 aliphatic rings. The van der Waals surface area contributed by atoms with Crippen LogP contribution < -0.4 is 11.1 Å². The number of anilines is 1. The van der Waals surface area contributed by atoms with Crippen LogP contribution in [0.25, 0.3) is 0 Å². The van der Waals surface area contributed by atoms with E-state index in [0.717, 1.165) is 4.31 Å². The van der Waals surface area contributed by atoms with Crippen LogP contribution in [-0.2, 0) is 19.6 Å². The summed E-state index contributed by atoms with van der Waals surface area (Å²) in [5.41, 5.74) is 5.92. The van der Waals surface area contributed by atoms with E-state index in [-0.39, 0.29) is 10.6 Å². The fourth-order valence-corrected chi connectivity index (χ4v) is 3.63. The van der Waals surface area contributed by atoms with Gasteiger partial charge < -0.3 is 5.73 Å². The molecular weight excluding hydrogens is 350 g/mol. The molecule has 2 rings (SSSR count). The topological polar surface area (TPSA) is 110 Å². The van der Waals surface area contributed by atoms with Gasteiger partial charge in [-0.25, -0.2) is 8.42 Å². The molecule has 0 radical (unpaired) electrons. The Hall–Kier alpha value is -1.45. The number of hydrogen-bond donors (Lipinski definition) is 2. The molecule has 1 atom stereocenters. The summed E-state index contributed by atoms with van der Waals surface area (Å²) < 4.78 is 26.4. The van der Waals surface area contributed by atoms with Crippen molar-refractivity contribution < 1.29 is 18.0 Å². The second kappa shape index (κ2) is 5.15. The molecule has 1 saturated heterocycles. The first-order valence-corrected chi connectivity index (χ1v) is 7.87. The Bertz CT molecular complexity index is 689. The predicted molar refractivity (Wildman–Crippen MR) is 75.1 cm³/mol. The summed E-state index contributed by atoms with van der Waals surface area (Å²) in [6, 6.07) is 3.18. The van der Waals surface area contributed by atoms with Gasteiger partial charge in [0.25, 0.3) is 0 Å². The zero-order valence-corrected chi connectivity index (χ0v) is 12.9. The zero-order valence-electron chi connectivity index (χ0n) is 10.5. The number of imide groups is 1. The molecule has 1 fully saturated rings. The molecule has 20 heavy (non-hydrogen) atoms. The molecule has 1 aromatic rings. The van der Waals surface area contributed by atoms with Gasteiger partial charge in [-0.05, 0) is 41.1 Å². The second-order valence-corrected chi connectivity index (χ2v) is 7.07. The van der Waals surface area contributed by atoms with Gasteiger partial charge in [0.2, 0.25) is 21.8 Å². The first-order chi connectivity index (χ1) is 9.23. The second-order valence-electron chi connectivity index (χ2n) is 4.32. The molecule has 9 heteroatoms. The normalized spacial score (nSPS) is 20.8. The first-order valence-electron chi connectivity index (χ1n) is 5.64. The Balaban J connectivity index is 2.45. The van der Waals surface area contributed by atoms with Gasteiger partial charge in [0.15, 0.2) is 0 Å². The van der Waals surface area contributed by atoms with E-state index >= 15 is 0 Å². The summed E-state index contributed by atoms with van der Waals surface area (Å²) in [6.45, 7) is 1.02. The monoisotopic (exact) mass is 361 g/mol. The van der Waals surface area contributed by atoms with E-state index in [1.165, 1.54) is 25.1 Å². The predicted octanol–water partition coefficient (Wildman–Crippen LogP) is 0.0669. The van der Waals surface area contributed by atoms with Crippen LogP contribution in [0.15, 0.2) is 27.6 Å².